The topological polar surface area (TPSA) is 61.7 Å². The van der Waals surface area contributed by atoms with Crippen molar-refractivity contribution in [2.45, 2.75) is 31.2 Å². The largest absolute Gasteiger partial charge is 0.497 e. The second-order valence-corrected chi connectivity index (χ2v) is 8.05. The van der Waals surface area contributed by atoms with E-state index in [9.17, 15) is 4.79 Å². The molecule has 3 aromatic rings. The zero-order valence-corrected chi connectivity index (χ0v) is 18.2. The summed E-state index contributed by atoms with van der Waals surface area (Å²) in [7, 11) is 3.35. The van der Waals surface area contributed by atoms with Gasteiger partial charge in [0.25, 0.3) is 0 Å². The lowest BCUT2D eigenvalue weighted by Crippen LogP contribution is -2.44. The number of rotatable bonds is 8. The summed E-state index contributed by atoms with van der Waals surface area (Å²) in [5.41, 5.74) is 2.19. The Bertz CT molecular complexity index is 1020. The van der Waals surface area contributed by atoms with Crippen molar-refractivity contribution in [3.8, 4) is 11.5 Å². The molecule has 6 heteroatoms. The Balaban J connectivity index is 1.40. The highest BCUT2D eigenvalue weighted by atomic mass is 16.5. The van der Waals surface area contributed by atoms with E-state index in [0.717, 1.165) is 35.2 Å². The maximum Gasteiger partial charge on any atom is 0.221 e. The predicted octanol–water partition coefficient (Wildman–Crippen LogP) is 3.91. The van der Waals surface area contributed by atoms with E-state index in [1.165, 1.54) is 5.56 Å². The fraction of sp³-hybridized carbons (Fsp3) is 0.400. The number of hydrogen-bond acceptors (Lipinski definition) is 4. The van der Waals surface area contributed by atoms with E-state index < -0.39 is 0 Å². The summed E-state index contributed by atoms with van der Waals surface area (Å²) in [6.07, 6.45) is 4.22. The maximum absolute atomic E-state index is 12.7. The summed E-state index contributed by atoms with van der Waals surface area (Å²) in [6.45, 7) is 2.65. The first-order valence-corrected chi connectivity index (χ1v) is 10.8. The van der Waals surface area contributed by atoms with Crippen LogP contribution in [0.3, 0.4) is 0 Å². The number of fused-ring (bicyclic) bond motifs is 1. The van der Waals surface area contributed by atoms with Crippen LogP contribution in [-0.2, 0) is 21.5 Å². The molecule has 0 saturated carbocycles. The van der Waals surface area contributed by atoms with Crippen molar-refractivity contribution < 1.29 is 19.0 Å². The fourth-order valence-corrected chi connectivity index (χ4v) is 4.42. The van der Waals surface area contributed by atoms with E-state index in [-0.39, 0.29) is 11.3 Å². The van der Waals surface area contributed by atoms with Gasteiger partial charge in [-0.3, -0.25) is 4.79 Å². The van der Waals surface area contributed by atoms with Crippen LogP contribution in [0.15, 0.2) is 54.7 Å². The number of benzene rings is 2. The van der Waals surface area contributed by atoms with Gasteiger partial charge >= 0.3 is 0 Å². The molecule has 6 nitrogen and oxygen atoms in total. The standard InChI is InChI=1S/C25H30N2O4/c1-29-20-8-6-19(7-9-20)25(12-16-31-17-13-25)18-26-24(28)11-15-27-14-10-21-22(27)4-3-5-23(21)30-2/h3-10,14H,11-13,15-18H2,1-2H3,(H,26,28). The van der Waals surface area contributed by atoms with Crippen molar-refractivity contribution in [2.24, 2.45) is 0 Å². The molecular formula is C25H30N2O4. The van der Waals surface area contributed by atoms with E-state index in [0.29, 0.717) is 32.7 Å². The van der Waals surface area contributed by atoms with Gasteiger partial charge in [0.2, 0.25) is 5.91 Å². The Morgan fingerprint density at radius 2 is 1.84 bits per heavy atom. The average Bonchev–Trinajstić information content (AvgIpc) is 3.25. The summed E-state index contributed by atoms with van der Waals surface area (Å²) in [4.78, 5) is 12.7. The molecule has 1 N–H and O–H groups in total. The minimum Gasteiger partial charge on any atom is -0.497 e. The quantitative estimate of drug-likeness (QED) is 0.598. The lowest BCUT2D eigenvalue weighted by molar-refractivity contribution is -0.121. The Morgan fingerprint density at radius 3 is 2.55 bits per heavy atom. The number of nitrogens with one attached hydrogen (secondary N) is 1. The first-order valence-electron chi connectivity index (χ1n) is 10.8. The molecule has 1 aliphatic rings. The van der Waals surface area contributed by atoms with Gasteiger partial charge in [-0.15, -0.1) is 0 Å². The van der Waals surface area contributed by atoms with Crippen LogP contribution in [-0.4, -0.2) is 44.5 Å². The molecular weight excluding hydrogens is 392 g/mol. The van der Waals surface area contributed by atoms with Crippen LogP contribution in [0.25, 0.3) is 10.9 Å². The molecule has 2 heterocycles. The number of carbonyl (C=O) groups is 1. The van der Waals surface area contributed by atoms with Gasteiger partial charge in [-0.1, -0.05) is 18.2 Å². The third-order valence-electron chi connectivity index (χ3n) is 6.35. The van der Waals surface area contributed by atoms with Gasteiger partial charge in [0.05, 0.1) is 19.7 Å². The average molecular weight is 423 g/mol. The zero-order chi connectivity index (χ0) is 21.7. The van der Waals surface area contributed by atoms with E-state index in [2.05, 4.69) is 28.1 Å². The van der Waals surface area contributed by atoms with Crippen LogP contribution in [0.1, 0.15) is 24.8 Å². The smallest absolute Gasteiger partial charge is 0.221 e. The van der Waals surface area contributed by atoms with Crippen molar-refractivity contribution in [3.05, 3.63) is 60.3 Å². The Hall–Kier alpha value is -2.99. The number of methoxy groups -OCH3 is 2. The molecule has 1 aromatic heterocycles. The van der Waals surface area contributed by atoms with Gasteiger partial charge in [0.15, 0.2) is 0 Å². The molecule has 1 amide bonds. The van der Waals surface area contributed by atoms with Crippen LogP contribution in [0.4, 0.5) is 0 Å². The van der Waals surface area contributed by atoms with Crippen LogP contribution in [0.2, 0.25) is 0 Å². The lowest BCUT2D eigenvalue weighted by atomic mass is 9.74. The fourth-order valence-electron chi connectivity index (χ4n) is 4.42. The number of aromatic nitrogens is 1. The number of aryl methyl sites for hydroxylation is 1. The highest BCUT2D eigenvalue weighted by molar-refractivity contribution is 5.86. The molecule has 0 bridgehead atoms. The van der Waals surface area contributed by atoms with Gasteiger partial charge in [-0.2, -0.15) is 0 Å². The Labute approximate surface area is 183 Å². The molecule has 4 rings (SSSR count). The Morgan fingerprint density at radius 1 is 1.06 bits per heavy atom. The molecule has 0 spiro atoms. The summed E-state index contributed by atoms with van der Waals surface area (Å²) >= 11 is 0. The molecule has 1 fully saturated rings. The number of amides is 1. The molecule has 0 atom stereocenters. The second kappa shape index (κ2) is 9.43. The molecule has 0 aliphatic carbocycles. The summed E-state index contributed by atoms with van der Waals surface area (Å²) in [6, 6.07) is 16.2. The first kappa shape index (κ1) is 21.2. The van der Waals surface area contributed by atoms with Crippen LogP contribution in [0, 0.1) is 0 Å². The molecule has 2 aromatic carbocycles. The normalized spacial score (nSPS) is 15.5. The van der Waals surface area contributed by atoms with Gasteiger partial charge in [-0.05, 0) is 48.7 Å². The van der Waals surface area contributed by atoms with Crippen LogP contribution >= 0.6 is 0 Å². The summed E-state index contributed by atoms with van der Waals surface area (Å²) < 4.78 is 18.4. The number of hydrogen-bond donors (Lipinski definition) is 1. The van der Waals surface area contributed by atoms with Crippen molar-refractivity contribution in [1.29, 1.82) is 0 Å². The van der Waals surface area contributed by atoms with Crippen molar-refractivity contribution in [1.82, 2.24) is 9.88 Å². The SMILES string of the molecule is COc1ccc(C2(CNC(=O)CCn3ccc4c(OC)cccc43)CCOCC2)cc1. The van der Waals surface area contributed by atoms with Crippen LogP contribution < -0.4 is 14.8 Å². The number of carbonyl (C=O) groups excluding carboxylic acids is 1. The predicted molar refractivity (Wildman–Crippen MR) is 121 cm³/mol. The van der Waals surface area contributed by atoms with Gasteiger partial charge in [-0.25, -0.2) is 0 Å². The highest BCUT2D eigenvalue weighted by Gasteiger charge is 2.34. The molecule has 0 radical (unpaired) electrons. The highest BCUT2D eigenvalue weighted by Crippen LogP contribution is 2.35. The van der Waals surface area contributed by atoms with Crippen LogP contribution in [0.5, 0.6) is 11.5 Å². The summed E-state index contributed by atoms with van der Waals surface area (Å²) in [5, 5.41) is 4.25. The molecule has 0 unspecified atom stereocenters. The van der Waals surface area contributed by atoms with Crippen molar-refractivity contribution in [2.75, 3.05) is 34.0 Å². The maximum atomic E-state index is 12.7. The molecule has 31 heavy (non-hydrogen) atoms. The van der Waals surface area contributed by atoms with Gasteiger partial charge in [0, 0.05) is 49.7 Å². The zero-order valence-electron chi connectivity index (χ0n) is 18.2. The third-order valence-corrected chi connectivity index (χ3v) is 6.35. The summed E-state index contributed by atoms with van der Waals surface area (Å²) in [5.74, 6) is 1.75. The monoisotopic (exact) mass is 422 g/mol. The third kappa shape index (κ3) is 4.54. The minimum atomic E-state index is -0.103. The second-order valence-electron chi connectivity index (χ2n) is 8.05. The van der Waals surface area contributed by atoms with E-state index in [4.69, 9.17) is 14.2 Å². The van der Waals surface area contributed by atoms with E-state index in [1.54, 1.807) is 14.2 Å². The molecule has 164 valence electrons. The van der Waals surface area contributed by atoms with Crippen molar-refractivity contribution >= 4 is 16.8 Å². The number of ether oxygens (including phenoxy) is 3. The van der Waals surface area contributed by atoms with E-state index >= 15 is 0 Å². The van der Waals surface area contributed by atoms with Gasteiger partial charge < -0.3 is 24.1 Å². The minimum absolute atomic E-state index is 0.0594. The van der Waals surface area contributed by atoms with E-state index in [1.807, 2.05) is 36.5 Å². The van der Waals surface area contributed by atoms with Gasteiger partial charge in [0.1, 0.15) is 11.5 Å². The molecule has 1 aliphatic heterocycles. The first-order chi connectivity index (χ1) is 15.1. The number of nitrogens with zero attached hydrogens (tertiary/aromatic N) is 1. The van der Waals surface area contributed by atoms with Crippen molar-refractivity contribution in [3.63, 3.8) is 0 Å². The molecule has 1 saturated heterocycles. The Kier molecular flexibility index (Phi) is 6.47. The lowest BCUT2D eigenvalue weighted by Gasteiger charge is -2.38.